The molecule has 0 spiro atoms. The van der Waals surface area contributed by atoms with E-state index >= 15 is 0 Å². The Kier molecular flexibility index (Phi) is 5.38. The fourth-order valence-electron chi connectivity index (χ4n) is 2.35. The molecule has 0 amide bonds. The maximum Gasteiger partial charge on any atom is 0.311 e. The predicted molar refractivity (Wildman–Crippen MR) is 86.2 cm³/mol. The summed E-state index contributed by atoms with van der Waals surface area (Å²) in [4.78, 5) is 0. The van der Waals surface area contributed by atoms with Crippen LogP contribution >= 0.6 is 0 Å². The van der Waals surface area contributed by atoms with Gasteiger partial charge >= 0.3 is 5.84 Å². The molecule has 110 valence electrons. The Hall–Kier alpha value is -2.29. The minimum Gasteiger partial charge on any atom is -0.357 e. The van der Waals surface area contributed by atoms with Crippen molar-refractivity contribution < 1.29 is 10.4 Å². The maximum absolute atomic E-state index is 8.78. The van der Waals surface area contributed by atoms with E-state index in [0.717, 1.165) is 17.5 Å². The second-order valence-electron chi connectivity index (χ2n) is 5.26. The van der Waals surface area contributed by atoms with E-state index in [1.54, 1.807) is 0 Å². The molecule has 0 unspecified atom stereocenters. The van der Waals surface area contributed by atoms with Crippen molar-refractivity contribution >= 4 is 5.84 Å². The molecule has 0 radical (unpaired) electrons. The van der Waals surface area contributed by atoms with Gasteiger partial charge in [-0.1, -0.05) is 61.3 Å². The fourth-order valence-corrected chi connectivity index (χ4v) is 2.35. The molecule has 2 aromatic carbocycles. The number of nitrogen functional groups attached to an aromatic ring is 1. The van der Waals surface area contributed by atoms with Gasteiger partial charge in [0.2, 0.25) is 0 Å². The molecule has 3 nitrogen and oxygen atoms in total. The zero-order valence-corrected chi connectivity index (χ0v) is 12.5. The summed E-state index contributed by atoms with van der Waals surface area (Å²) in [6, 6.07) is 16.5. The Balaban J connectivity index is 2.08. The van der Waals surface area contributed by atoms with Gasteiger partial charge in [0.1, 0.15) is 0 Å². The van der Waals surface area contributed by atoms with Crippen molar-refractivity contribution in [2.24, 2.45) is 5.73 Å². The highest BCUT2D eigenvalue weighted by atomic mass is 16.4. The summed E-state index contributed by atoms with van der Waals surface area (Å²) < 4.78 is 0. The highest BCUT2D eigenvalue weighted by molar-refractivity contribution is 5.93. The Bertz CT molecular complexity index is 586. The number of nitrogens with one attached hydrogen (secondary N) is 1. The van der Waals surface area contributed by atoms with Crippen LogP contribution in [-0.2, 0) is 6.42 Å². The molecule has 3 heteroatoms. The normalized spacial score (nSPS) is 11.6. The lowest BCUT2D eigenvalue weighted by molar-refractivity contribution is -0.737. The smallest absolute Gasteiger partial charge is 0.311 e. The van der Waals surface area contributed by atoms with Crippen molar-refractivity contribution in [3.63, 3.8) is 0 Å². The summed E-state index contributed by atoms with van der Waals surface area (Å²) in [6.07, 6.45) is 4.96. The van der Waals surface area contributed by atoms with Gasteiger partial charge in [0, 0.05) is 0 Å². The van der Waals surface area contributed by atoms with Gasteiger partial charge in [-0.05, 0) is 41.7 Å². The number of rotatable bonds is 6. The van der Waals surface area contributed by atoms with Gasteiger partial charge in [-0.2, -0.15) is 0 Å². The van der Waals surface area contributed by atoms with Crippen LogP contribution in [0.5, 0.6) is 0 Å². The number of benzene rings is 2. The maximum atomic E-state index is 8.78. The average molecular weight is 283 g/mol. The van der Waals surface area contributed by atoms with E-state index in [4.69, 9.17) is 10.9 Å². The molecule has 0 atom stereocenters. The van der Waals surface area contributed by atoms with Gasteiger partial charge in [0.15, 0.2) is 0 Å². The van der Waals surface area contributed by atoms with E-state index in [-0.39, 0.29) is 5.84 Å². The monoisotopic (exact) mass is 283 g/mol. The molecule has 0 aliphatic heterocycles. The van der Waals surface area contributed by atoms with E-state index in [1.807, 2.05) is 29.4 Å². The first-order valence-corrected chi connectivity index (χ1v) is 7.47. The van der Waals surface area contributed by atoms with Crippen LogP contribution in [0.25, 0.3) is 11.1 Å². The lowest BCUT2D eigenvalue weighted by atomic mass is 10.0. The van der Waals surface area contributed by atoms with Crippen molar-refractivity contribution in [1.29, 1.82) is 0 Å². The predicted octanol–water partition coefficient (Wildman–Crippen LogP) is 2.26. The SMILES string of the molecule is CCCCCc1ccc(-c2ccc(C(N)=[NH+]O)cc2)cc1. The number of aryl methyl sites for hydroxylation is 1. The standard InChI is InChI=1S/C18H22N2O/c1-2-3-4-5-14-6-8-15(9-7-14)16-10-12-17(13-11-16)18(19)20-21/h6-13,21H,2-5H2,1H3,(H2,19,20)/p+1. The van der Waals surface area contributed by atoms with E-state index in [0.29, 0.717) is 0 Å². The molecule has 4 N–H and O–H groups in total. The van der Waals surface area contributed by atoms with Gasteiger partial charge in [-0.3, -0.25) is 5.73 Å². The van der Waals surface area contributed by atoms with Crippen molar-refractivity contribution in [2.75, 3.05) is 0 Å². The molecule has 2 aromatic rings. The summed E-state index contributed by atoms with van der Waals surface area (Å²) in [5.74, 6) is 0.257. The van der Waals surface area contributed by atoms with Gasteiger partial charge in [-0.25, -0.2) is 0 Å². The highest BCUT2D eigenvalue weighted by Crippen LogP contribution is 2.21. The second kappa shape index (κ2) is 7.48. The number of hydrogen-bond donors (Lipinski definition) is 3. The molecule has 0 aliphatic rings. The van der Waals surface area contributed by atoms with Crippen LogP contribution in [0.15, 0.2) is 48.5 Å². The summed E-state index contributed by atoms with van der Waals surface area (Å²) in [7, 11) is 0. The second-order valence-corrected chi connectivity index (χ2v) is 5.26. The molecular weight excluding hydrogens is 260 g/mol. The van der Waals surface area contributed by atoms with Crippen molar-refractivity contribution in [3.05, 3.63) is 59.7 Å². The Labute approximate surface area is 126 Å². The molecule has 21 heavy (non-hydrogen) atoms. The van der Waals surface area contributed by atoms with Crippen molar-refractivity contribution in [2.45, 2.75) is 32.6 Å². The van der Waals surface area contributed by atoms with Crippen LogP contribution in [0.4, 0.5) is 0 Å². The van der Waals surface area contributed by atoms with Gasteiger partial charge in [0.05, 0.1) is 5.56 Å². The molecule has 0 bridgehead atoms. The third kappa shape index (κ3) is 4.09. The fraction of sp³-hybridized carbons (Fsp3) is 0.278. The van der Waals surface area contributed by atoms with Gasteiger partial charge < -0.3 is 5.21 Å². The lowest BCUT2D eigenvalue weighted by Crippen LogP contribution is -2.71. The lowest BCUT2D eigenvalue weighted by Gasteiger charge is -2.05. The first-order chi connectivity index (χ1) is 10.2. The summed E-state index contributed by atoms with van der Waals surface area (Å²) in [6.45, 7) is 2.23. The Morgan fingerprint density at radius 3 is 2.05 bits per heavy atom. The van der Waals surface area contributed by atoms with Crippen molar-refractivity contribution in [1.82, 2.24) is 0 Å². The van der Waals surface area contributed by atoms with Crippen LogP contribution in [0, 0.1) is 0 Å². The average Bonchev–Trinajstić information content (AvgIpc) is 2.55. The highest BCUT2D eigenvalue weighted by Gasteiger charge is 2.04. The molecule has 2 rings (SSSR count). The van der Waals surface area contributed by atoms with Gasteiger partial charge in [0.25, 0.3) is 0 Å². The largest absolute Gasteiger partial charge is 0.357 e. The summed E-state index contributed by atoms with van der Waals surface area (Å²) in [5.41, 5.74) is 10.1. The molecule has 0 fully saturated rings. The van der Waals surface area contributed by atoms with Crippen LogP contribution in [0.1, 0.15) is 37.3 Å². The quantitative estimate of drug-likeness (QED) is 0.250. The number of hydrogen-bond acceptors (Lipinski definition) is 1. The van der Waals surface area contributed by atoms with Crippen molar-refractivity contribution in [3.8, 4) is 11.1 Å². The minimum atomic E-state index is 0.257. The minimum absolute atomic E-state index is 0.257. The summed E-state index contributed by atoms with van der Waals surface area (Å²) in [5, 5.41) is 10.7. The van der Waals surface area contributed by atoms with Crippen LogP contribution in [0.2, 0.25) is 0 Å². The summed E-state index contributed by atoms with van der Waals surface area (Å²) >= 11 is 0. The number of amidine groups is 1. The van der Waals surface area contributed by atoms with E-state index < -0.39 is 0 Å². The zero-order valence-electron chi connectivity index (χ0n) is 12.5. The van der Waals surface area contributed by atoms with E-state index in [1.165, 1.54) is 30.4 Å². The van der Waals surface area contributed by atoms with Crippen LogP contribution in [0.3, 0.4) is 0 Å². The molecule has 0 heterocycles. The molecule has 0 aliphatic carbocycles. The topological polar surface area (TPSA) is 60.2 Å². The Morgan fingerprint density at radius 2 is 1.52 bits per heavy atom. The third-order valence-electron chi connectivity index (χ3n) is 3.67. The van der Waals surface area contributed by atoms with Crippen LogP contribution < -0.4 is 10.9 Å². The molecule has 0 saturated carbocycles. The zero-order chi connectivity index (χ0) is 15.1. The van der Waals surface area contributed by atoms with Crippen LogP contribution in [-0.4, -0.2) is 11.0 Å². The molecule has 0 saturated heterocycles. The number of nitrogens with two attached hydrogens (primary N) is 1. The Morgan fingerprint density at radius 1 is 0.952 bits per heavy atom. The first-order valence-electron chi connectivity index (χ1n) is 7.47. The third-order valence-corrected chi connectivity index (χ3v) is 3.67. The van der Waals surface area contributed by atoms with E-state index in [2.05, 4.69) is 31.2 Å². The van der Waals surface area contributed by atoms with Gasteiger partial charge in [-0.15, -0.1) is 0 Å². The molecule has 0 aromatic heterocycles. The number of unbranched alkanes of at least 4 members (excludes halogenated alkanes) is 2. The first kappa shape index (κ1) is 15.1. The molecular formula is C18H23N2O+. The van der Waals surface area contributed by atoms with E-state index in [9.17, 15) is 0 Å².